The average molecular weight is 310 g/mol. The number of hydrogen-bond donors (Lipinski definition) is 2. The third-order valence-electron chi connectivity index (χ3n) is 2.56. The molecule has 7 heteroatoms. The number of rotatable bonds is 4. The Kier molecular flexibility index (Phi) is 4.88. The molecule has 2 aromatic rings. The zero-order valence-electron chi connectivity index (χ0n) is 11.4. The second-order valence-electron chi connectivity index (χ2n) is 4.33. The van der Waals surface area contributed by atoms with Crippen LogP contribution in [0.25, 0.3) is 0 Å². The lowest BCUT2D eigenvalue weighted by atomic mass is 10.3. The molecule has 0 aliphatic heterocycles. The van der Waals surface area contributed by atoms with Crippen molar-refractivity contribution in [2.75, 3.05) is 11.9 Å². The number of amides is 2. The number of benzene rings is 2. The fraction of sp³-hybridized carbons (Fsp3) is 0.133. The SMILES string of the molecule is O=C(NCC(F)(F)F)Nc1ccccc1Oc1ccccc1. The first-order valence-electron chi connectivity index (χ1n) is 6.37. The van der Waals surface area contributed by atoms with Gasteiger partial charge in [0, 0.05) is 0 Å². The van der Waals surface area contributed by atoms with Crippen LogP contribution in [-0.2, 0) is 0 Å². The molecule has 0 saturated heterocycles. The Labute approximate surface area is 124 Å². The van der Waals surface area contributed by atoms with Crippen molar-refractivity contribution in [1.29, 1.82) is 0 Å². The van der Waals surface area contributed by atoms with E-state index >= 15 is 0 Å². The highest BCUT2D eigenvalue weighted by atomic mass is 19.4. The number of carbonyl (C=O) groups is 1. The van der Waals surface area contributed by atoms with E-state index in [4.69, 9.17) is 4.74 Å². The van der Waals surface area contributed by atoms with Gasteiger partial charge in [0.2, 0.25) is 0 Å². The first-order valence-corrected chi connectivity index (χ1v) is 6.37. The highest BCUT2D eigenvalue weighted by molar-refractivity contribution is 5.90. The minimum atomic E-state index is -4.46. The van der Waals surface area contributed by atoms with Crippen LogP contribution in [0.4, 0.5) is 23.7 Å². The predicted octanol–water partition coefficient (Wildman–Crippen LogP) is 4.16. The number of alkyl halides is 3. The summed E-state index contributed by atoms with van der Waals surface area (Å²) in [4.78, 5) is 11.5. The molecule has 0 saturated carbocycles. The molecule has 0 heterocycles. The molecule has 2 amide bonds. The number of nitrogens with one attached hydrogen (secondary N) is 2. The molecule has 0 bridgehead atoms. The fourth-order valence-electron chi connectivity index (χ4n) is 1.62. The Morgan fingerprint density at radius 3 is 2.32 bits per heavy atom. The molecular weight excluding hydrogens is 297 g/mol. The van der Waals surface area contributed by atoms with Crippen LogP contribution in [0.2, 0.25) is 0 Å². The van der Waals surface area contributed by atoms with Gasteiger partial charge in [-0.2, -0.15) is 13.2 Å². The maximum absolute atomic E-state index is 12.1. The number of carbonyl (C=O) groups excluding carboxylic acids is 1. The molecule has 2 rings (SSSR count). The van der Waals surface area contributed by atoms with Gasteiger partial charge in [-0.3, -0.25) is 0 Å². The van der Waals surface area contributed by atoms with Crippen LogP contribution >= 0.6 is 0 Å². The van der Waals surface area contributed by atoms with Crippen LogP contribution in [0.5, 0.6) is 11.5 Å². The summed E-state index contributed by atoms with van der Waals surface area (Å²) in [5.74, 6) is 0.878. The molecule has 0 aromatic heterocycles. The molecule has 0 aliphatic rings. The first-order chi connectivity index (χ1) is 10.4. The van der Waals surface area contributed by atoms with Crippen molar-refractivity contribution in [3.63, 3.8) is 0 Å². The van der Waals surface area contributed by atoms with E-state index in [1.807, 2.05) is 6.07 Å². The smallest absolute Gasteiger partial charge is 0.405 e. The number of halogens is 3. The fourth-order valence-corrected chi connectivity index (χ4v) is 1.62. The van der Waals surface area contributed by atoms with E-state index in [9.17, 15) is 18.0 Å². The Morgan fingerprint density at radius 1 is 1.00 bits per heavy atom. The highest BCUT2D eigenvalue weighted by Gasteiger charge is 2.27. The zero-order chi connectivity index (χ0) is 16.0. The second-order valence-corrected chi connectivity index (χ2v) is 4.33. The van der Waals surface area contributed by atoms with Crippen molar-refractivity contribution < 1.29 is 22.7 Å². The maximum atomic E-state index is 12.1. The van der Waals surface area contributed by atoms with Gasteiger partial charge in [0.15, 0.2) is 5.75 Å². The molecule has 0 unspecified atom stereocenters. The summed E-state index contributed by atoms with van der Waals surface area (Å²) >= 11 is 0. The Hall–Kier alpha value is -2.70. The Bertz CT molecular complexity index is 630. The van der Waals surface area contributed by atoms with Crippen molar-refractivity contribution in [3.05, 3.63) is 54.6 Å². The number of para-hydroxylation sites is 3. The largest absolute Gasteiger partial charge is 0.455 e. The van der Waals surface area contributed by atoms with Crippen LogP contribution in [0, 0.1) is 0 Å². The molecule has 0 aliphatic carbocycles. The van der Waals surface area contributed by atoms with Crippen molar-refractivity contribution in [1.82, 2.24) is 5.32 Å². The third-order valence-corrected chi connectivity index (χ3v) is 2.56. The minimum Gasteiger partial charge on any atom is -0.455 e. The van der Waals surface area contributed by atoms with Gasteiger partial charge < -0.3 is 15.4 Å². The summed E-state index contributed by atoms with van der Waals surface area (Å²) in [5, 5.41) is 4.06. The number of urea groups is 1. The van der Waals surface area contributed by atoms with Gasteiger partial charge in [-0.05, 0) is 24.3 Å². The van der Waals surface area contributed by atoms with E-state index in [1.165, 1.54) is 6.07 Å². The number of hydrogen-bond acceptors (Lipinski definition) is 2. The van der Waals surface area contributed by atoms with E-state index in [0.29, 0.717) is 11.5 Å². The van der Waals surface area contributed by atoms with Crippen LogP contribution in [0.15, 0.2) is 54.6 Å². The second kappa shape index (κ2) is 6.84. The Balaban J connectivity index is 2.04. The lowest BCUT2D eigenvalue weighted by molar-refractivity contribution is -0.122. The quantitative estimate of drug-likeness (QED) is 0.891. The summed E-state index contributed by atoms with van der Waals surface area (Å²) in [6.45, 7) is -1.40. The number of anilines is 1. The molecule has 0 radical (unpaired) electrons. The molecule has 116 valence electrons. The Morgan fingerprint density at radius 2 is 1.64 bits per heavy atom. The van der Waals surface area contributed by atoms with E-state index in [2.05, 4.69) is 5.32 Å². The summed E-state index contributed by atoms with van der Waals surface area (Å²) in [5.41, 5.74) is 0.269. The van der Waals surface area contributed by atoms with Gasteiger partial charge in [-0.25, -0.2) is 4.79 Å². The van der Waals surface area contributed by atoms with E-state index in [1.54, 1.807) is 47.8 Å². The summed E-state index contributed by atoms with van der Waals surface area (Å²) in [7, 11) is 0. The van der Waals surface area contributed by atoms with E-state index < -0.39 is 18.8 Å². The minimum absolute atomic E-state index is 0.269. The predicted molar refractivity (Wildman–Crippen MR) is 76.0 cm³/mol. The molecule has 22 heavy (non-hydrogen) atoms. The zero-order valence-corrected chi connectivity index (χ0v) is 11.4. The molecule has 0 spiro atoms. The lowest BCUT2D eigenvalue weighted by Crippen LogP contribution is -2.36. The summed E-state index contributed by atoms with van der Waals surface area (Å²) < 4.78 is 41.8. The van der Waals surface area contributed by atoms with Crippen LogP contribution in [-0.4, -0.2) is 18.8 Å². The van der Waals surface area contributed by atoms with Crippen molar-refractivity contribution in [2.45, 2.75) is 6.18 Å². The summed E-state index contributed by atoms with van der Waals surface area (Å²) in [6.07, 6.45) is -4.46. The van der Waals surface area contributed by atoms with Crippen molar-refractivity contribution >= 4 is 11.7 Å². The standard InChI is InChI=1S/C15H13F3N2O2/c16-15(17,18)10-19-14(21)20-12-8-4-5-9-13(12)22-11-6-2-1-3-7-11/h1-9H,10H2,(H2,19,20,21). The van der Waals surface area contributed by atoms with Crippen molar-refractivity contribution in [3.8, 4) is 11.5 Å². The van der Waals surface area contributed by atoms with Crippen LogP contribution in [0.1, 0.15) is 0 Å². The first kappa shape index (κ1) is 15.7. The topological polar surface area (TPSA) is 50.4 Å². The van der Waals surface area contributed by atoms with E-state index in [0.717, 1.165) is 0 Å². The lowest BCUT2D eigenvalue weighted by Gasteiger charge is -2.13. The van der Waals surface area contributed by atoms with Crippen LogP contribution in [0.3, 0.4) is 0 Å². The van der Waals surface area contributed by atoms with Gasteiger partial charge >= 0.3 is 12.2 Å². The monoisotopic (exact) mass is 310 g/mol. The molecular formula is C15H13F3N2O2. The maximum Gasteiger partial charge on any atom is 0.405 e. The van der Waals surface area contributed by atoms with E-state index in [-0.39, 0.29) is 5.69 Å². The molecule has 4 nitrogen and oxygen atoms in total. The van der Waals surface area contributed by atoms with Crippen molar-refractivity contribution in [2.24, 2.45) is 0 Å². The van der Waals surface area contributed by atoms with Gasteiger partial charge in [-0.1, -0.05) is 30.3 Å². The molecule has 0 fully saturated rings. The van der Waals surface area contributed by atoms with Gasteiger partial charge in [0.25, 0.3) is 0 Å². The van der Waals surface area contributed by atoms with Gasteiger partial charge in [-0.15, -0.1) is 0 Å². The number of ether oxygens (including phenoxy) is 1. The van der Waals surface area contributed by atoms with Gasteiger partial charge in [0.05, 0.1) is 5.69 Å². The van der Waals surface area contributed by atoms with Gasteiger partial charge in [0.1, 0.15) is 12.3 Å². The molecule has 0 atom stereocenters. The third kappa shape index (κ3) is 5.01. The normalized spacial score (nSPS) is 10.9. The summed E-state index contributed by atoms with van der Waals surface area (Å²) in [6, 6.07) is 14.3. The average Bonchev–Trinajstić information content (AvgIpc) is 2.48. The molecule has 2 aromatic carbocycles. The van der Waals surface area contributed by atoms with Crippen LogP contribution < -0.4 is 15.4 Å². The molecule has 2 N–H and O–H groups in total. The highest BCUT2D eigenvalue weighted by Crippen LogP contribution is 2.28.